The van der Waals surface area contributed by atoms with Gasteiger partial charge >= 0.3 is 0 Å². The van der Waals surface area contributed by atoms with E-state index in [0.29, 0.717) is 6.42 Å². The molecule has 5 heteroatoms. The Labute approximate surface area is 137 Å². The van der Waals surface area contributed by atoms with Crippen molar-refractivity contribution in [1.82, 2.24) is 4.98 Å². The average molecular weight is 328 g/mol. The molecule has 1 N–H and O–H groups in total. The van der Waals surface area contributed by atoms with Gasteiger partial charge in [0.2, 0.25) is 5.91 Å². The highest BCUT2D eigenvalue weighted by atomic mass is 32.2. The summed E-state index contributed by atoms with van der Waals surface area (Å²) >= 11 is 3.28. The van der Waals surface area contributed by atoms with Crippen LogP contribution in [0.4, 0.5) is 5.69 Å². The molecule has 1 amide bonds. The maximum Gasteiger partial charge on any atom is 0.228 e. The molecule has 22 heavy (non-hydrogen) atoms. The molecule has 0 aliphatic carbocycles. The molecule has 0 unspecified atom stereocenters. The van der Waals surface area contributed by atoms with Crippen LogP contribution in [0.15, 0.2) is 46.8 Å². The molecule has 0 aliphatic heterocycles. The molecule has 1 heterocycles. The van der Waals surface area contributed by atoms with Gasteiger partial charge in [0.1, 0.15) is 0 Å². The standard InChI is InChI=1S/C17H16N2OS2/c1-11-5-3-4-6-12(11)9-16(20)18-13-7-8-14-15(10-13)22-17(19-14)21-2/h3-8,10H,9H2,1-2H3,(H,18,20). The molecule has 1 aromatic heterocycles. The second-order valence-corrected chi connectivity index (χ2v) is 7.10. The summed E-state index contributed by atoms with van der Waals surface area (Å²) in [7, 11) is 0. The lowest BCUT2D eigenvalue weighted by atomic mass is 10.1. The van der Waals surface area contributed by atoms with E-state index in [4.69, 9.17) is 0 Å². The molecular formula is C17H16N2OS2. The zero-order chi connectivity index (χ0) is 15.5. The van der Waals surface area contributed by atoms with Gasteiger partial charge in [0.05, 0.1) is 16.6 Å². The first-order valence-electron chi connectivity index (χ1n) is 6.94. The van der Waals surface area contributed by atoms with E-state index in [2.05, 4.69) is 10.3 Å². The summed E-state index contributed by atoms with van der Waals surface area (Å²) in [6, 6.07) is 13.8. The number of fused-ring (bicyclic) bond motifs is 1. The maximum atomic E-state index is 12.2. The molecule has 0 bridgehead atoms. The molecule has 0 saturated carbocycles. The number of carbonyl (C=O) groups excluding carboxylic acids is 1. The van der Waals surface area contributed by atoms with E-state index in [-0.39, 0.29) is 5.91 Å². The zero-order valence-electron chi connectivity index (χ0n) is 12.4. The van der Waals surface area contributed by atoms with Gasteiger partial charge in [-0.25, -0.2) is 4.98 Å². The van der Waals surface area contributed by atoms with Crippen molar-refractivity contribution < 1.29 is 4.79 Å². The van der Waals surface area contributed by atoms with Gasteiger partial charge in [0.25, 0.3) is 0 Å². The summed E-state index contributed by atoms with van der Waals surface area (Å²) in [5.41, 5.74) is 4.00. The minimum Gasteiger partial charge on any atom is -0.326 e. The lowest BCUT2D eigenvalue weighted by molar-refractivity contribution is -0.115. The molecule has 0 aliphatic rings. The number of thiazole rings is 1. The normalized spacial score (nSPS) is 10.8. The number of hydrogen-bond acceptors (Lipinski definition) is 4. The Balaban J connectivity index is 1.75. The lowest BCUT2D eigenvalue weighted by Gasteiger charge is -2.07. The first kappa shape index (κ1) is 15.1. The molecule has 112 valence electrons. The Morgan fingerprint density at radius 1 is 1.27 bits per heavy atom. The van der Waals surface area contributed by atoms with Gasteiger partial charge in [-0.2, -0.15) is 0 Å². The number of rotatable bonds is 4. The molecule has 0 saturated heterocycles. The minimum absolute atomic E-state index is 0.00301. The highest BCUT2D eigenvalue weighted by molar-refractivity contribution is 8.00. The molecule has 2 aromatic carbocycles. The molecule has 3 rings (SSSR count). The van der Waals surface area contributed by atoms with E-state index < -0.39 is 0 Å². The SMILES string of the molecule is CSc1nc2ccc(NC(=O)Cc3ccccc3C)cc2s1. The van der Waals surface area contributed by atoms with Crippen LogP contribution in [0.2, 0.25) is 0 Å². The number of amides is 1. The van der Waals surface area contributed by atoms with E-state index in [1.54, 1.807) is 23.1 Å². The van der Waals surface area contributed by atoms with Crippen LogP contribution in [-0.2, 0) is 11.2 Å². The third-order valence-electron chi connectivity index (χ3n) is 3.44. The number of thioether (sulfide) groups is 1. The summed E-state index contributed by atoms with van der Waals surface area (Å²) in [6.07, 6.45) is 2.41. The predicted molar refractivity (Wildman–Crippen MR) is 94.9 cm³/mol. The van der Waals surface area contributed by atoms with Gasteiger partial charge in [-0.3, -0.25) is 4.79 Å². The van der Waals surface area contributed by atoms with Crippen LogP contribution in [-0.4, -0.2) is 17.1 Å². The Bertz CT molecular complexity index is 826. The van der Waals surface area contributed by atoms with Crippen molar-refractivity contribution in [3.63, 3.8) is 0 Å². The lowest BCUT2D eigenvalue weighted by Crippen LogP contribution is -2.14. The highest BCUT2D eigenvalue weighted by Gasteiger charge is 2.08. The Morgan fingerprint density at radius 3 is 2.86 bits per heavy atom. The molecule has 0 radical (unpaired) electrons. The van der Waals surface area contributed by atoms with Gasteiger partial charge in [-0.15, -0.1) is 11.3 Å². The molecular weight excluding hydrogens is 312 g/mol. The van der Waals surface area contributed by atoms with E-state index in [9.17, 15) is 4.79 Å². The van der Waals surface area contributed by atoms with Crippen molar-refractivity contribution in [2.75, 3.05) is 11.6 Å². The minimum atomic E-state index is 0.00301. The number of aromatic nitrogens is 1. The number of benzene rings is 2. The van der Waals surface area contributed by atoms with Crippen LogP contribution in [0.1, 0.15) is 11.1 Å². The van der Waals surface area contributed by atoms with Crippen LogP contribution < -0.4 is 5.32 Å². The topological polar surface area (TPSA) is 42.0 Å². The van der Waals surface area contributed by atoms with E-state index >= 15 is 0 Å². The second kappa shape index (κ2) is 6.50. The van der Waals surface area contributed by atoms with Gasteiger partial charge < -0.3 is 5.32 Å². The average Bonchev–Trinajstić information content (AvgIpc) is 2.92. The molecule has 0 fully saturated rings. The fraction of sp³-hybridized carbons (Fsp3) is 0.176. The van der Waals surface area contributed by atoms with Crippen molar-refractivity contribution in [2.45, 2.75) is 17.7 Å². The summed E-state index contributed by atoms with van der Waals surface area (Å²) in [5, 5.41) is 2.97. The van der Waals surface area contributed by atoms with Crippen molar-refractivity contribution in [1.29, 1.82) is 0 Å². The Morgan fingerprint density at radius 2 is 2.09 bits per heavy atom. The van der Waals surface area contributed by atoms with Gasteiger partial charge in [-0.1, -0.05) is 36.0 Å². The largest absolute Gasteiger partial charge is 0.326 e. The third kappa shape index (κ3) is 3.31. The van der Waals surface area contributed by atoms with Crippen LogP contribution in [0.5, 0.6) is 0 Å². The highest BCUT2D eigenvalue weighted by Crippen LogP contribution is 2.30. The predicted octanol–water partition coefficient (Wildman–Crippen LogP) is 4.51. The molecule has 3 aromatic rings. The number of hydrogen-bond donors (Lipinski definition) is 1. The first-order chi connectivity index (χ1) is 10.7. The van der Waals surface area contributed by atoms with Gasteiger partial charge in [0, 0.05) is 5.69 Å². The number of nitrogens with zero attached hydrogens (tertiary/aromatic N) is 1. The van der Waals surface area contributed by atoms with Gasteiger partial charge in [0.15, 0.2) is 4.34 Å². The van der Waals surface area contributed by atoms with E-state index in [0.717, 1.165) is 31.4 Å². The number of carbonyl (C=O) groups is 1. The number of aryl methyl sites for hydroxylation is 1. The van der Waals surface area contributed by atoms with Crippen LogP contribution in [0.25, 0.3) is 10.2 Å². The van der Waals surface area contributed by atoms with Crippen molar-refractivity contribution in [3.05, 3.63) is 53.6 Å². The van der Waals surface area contributed by atoms with Gasteiger partial charge in [-0.05, 0) is 42.5 Å². The quantitative estimate of drug-likeness (QED) is 0.717. The first-order valence-corrected chi connectivity index (χ1v) is 8.99. The summed E-state index contributed by atoms with van der Waals surface area (Å²) in [6.45, 7) is 2.02. The zero-order valence-corrected chi connectivity index (χ0v) is 14.1. The molecule has 3 nitrogen and oxygen atoms in total. The maximum absolute atomic E-state index is 12.2. The summed E-state index contributed by atoms with van der Waals surface area (Å²) < 4.78 is 2.14. The Hall–Kier alpha value is -1.85. The monoisotopic (exact) mass is 328 g/mol. The van der Waals surface area contributed by atoms with Crippen LogP contribution >= 0.6 is 23.1 Å². The fourth-order valence-electron chi connectivity index (χ4n) is 2.26. The molecule has 0 atom stereocenters. The summed E-state index contributed by atoms with van der Waals surface area (Å²) in [5.74, 6) is 0.00301. The van der Waals surface area contributed by atoms with E-state index in [1.165, 1.54) is 0 Å². The van der Waals surface area contributed by atoms with Crippen LogP contribution in [0, 0.1) is 6.92 Å². The smallest absolute Gasteiger partial charge is 0.228 e. The van der Waals surface area contributed by atoms with Crippen molar-refractivity contribution in [3.8, 4) is 0 Å². The fourth-order valence-corrected chi connectivity index (χ4v) is 3.78. The number of nitrogens with one attached hydrogen (secondary N) is 1. The van der Waals surface area contributed by atoms with Crippen molar-refractivity contribution >= 4 is 44.9 Å². The number of anilines is 1. The second-order valence-electron chi connectivity index (χ2n) is 5.02. The van der Waals surface area contributed by atoms with Crippen LogP contribution in [0.3, 0.4) is 0 Å². The Kier molecular flexibility index (Phi) is 4.45. The third-order valence-corrected chi connectivity index (χ3v) is 5.44. The van der Waals surface area contributed by atoms with Crippen molar-refractivity contribution in [2.24, 2.45) is 0 Å². The molecule has 0 spiro atoms. The summed E-state index contributed by atoms with van der Waals surface area (Å²) in [4.78, 5) is 16.7. The van der Waals surface area contributed by atoms with E-state index in [1.807, 2.05) is 55.6 Å².